The first kappa shape index (κ1) is 15.9. The molecule has 0 aliphatic carbocycles. The summed E-state index contributed by atoms with van der Waals surface area (Å²) in [6, 6.07) is 11.3. The van der Waals surface area contributed by atoms with Gasteiger partial charge in [-0.1, -0.05) is 30.3 Å². The Hall–Kier alpha value is -2.01. The third-order valence-electron chi connectivity index (χ3n) is 4.30. The van der Waals surface area contributed by atoms with Crippen LogP contribution in [0.25, 0.3) is 0 Å². The van der Waals surface area contributed by atoms with Crippen LogP contribution >= 0.6 is 0 Å². The van der Waals surface area contributed by atoms with E-state index >= 15 is 0 Å². The molecule has 0 spiro atoms. The maximum absolute atomic E-state index is 14.1. The van der Waals surface area contributed by atoms with Crippen molar-refractivity contribution in [3.63, 3.8) is 0 Å². The molecule has 1 aromatic heterocycles. The molecule has 23 heavy (non-hydrogen) atoms. The molecule has 0 amide bonds. The first-order valence-electron chi connectivity index (χ1n) is 8.26. The lowest BCUT2D eigenvalue weighted by molar-refractivity contribution is 0.233. The van der Waals surface area contributed by atoms with Crippen LogP contribution in [0, 0.1) is 0 Å². The zero-order chi connectivity index (χ0) is 15.9. The van der Waals surface area contributed by atoms with Crippen LogP contribution < -0.4 is 4.90 Å². The molecule has 3 rings (SSSR count). The van der Waals surface area contributed by atoms with Gasteiger partial charge in [-0.2, -0.15) is 0 Å². The molecule has 1 aliphatic heterocycles. The van der Waals surface area contributed by atoms with Crippen molar-refractivity contribution in [3.05, 3.63) is 54.4 Å². The highest BCUT2D eigenvalue weighted by atomic mass is 19.1. The summed E-state index contributed by atoms with van der Waals surface area (Å²) in [5.41, 5.74) is 0.790. The number of benzene rings is 1. The molecule has 1 saturated heterocycles. The van der Waals surface area contributed by atoms with Gasteiger partial charge in [0.25, 0.3) is 0 Å². The van der Waals surface area contributed by atoms with E-state index in [1.165, 1.54) is 0 Å². The second-order valence-corrected chi connectivity index (χ2v) is 5.90. The SMILES string of the molecule is FC(CCCN1CCN(c2ncccn2)CC1)c1ccccc1. The molecule has 1 aromatic carbocycles. The number of hydrogen-bond acceptors (Lipinski definition) is 4. The Labute approximate surface area is 137 Å². The van der Waals surface area contributed by atoms with Gasteiger partial charge in [0.1, 0.15) is 6.17 Å². The molecule has 0 saturated carbocycles. The number of aromatic nitrogens is 2. The molecule has 1 atom stereocenters. The summed E-state index contributed by atoms with van der Waals surface area (Å²) in [5, 5.41) is 0. The number of nitrogens with zero attached hydrogens (tertiary/aromatic N) is 4. The Balaban J connectivity index is 1.38. The first-order valence-corrected chi connectivity index (χ1v) is 8.26. The monoisotopic (exact) mass is 314 g/mol. The van der Waals surface area contributed by atoms with Crippen LogP contribution in [0.4, 0.5) is 10.3 Å². The average molecular weight is 314 g/mol. The van der Waals surface area contributed by atoms with Crippen LogP contribution in [0.5, 0.6) is 0 Å². The predicted molar refractivity (Wildman–Crippen MR) is 90.2 cm³/mol. The third-order valence-corrected chi connectivity index (χ3v) is 4.30. The third kappa shape index (κ3) is 4.48. The van der Waals surface area contributed by atoms with Gasteiger partial charge in [-0.3, -0.25) is 4.90 Å². The fourth-order valence-corrected chi connectivity index (χ4v) is 2.95. The van der Waals surface area contributed by atoms with E-state index in [1.54, 1.807) is 12.4 Å². The lowest BCUT2D eigenvalue weighted by atomic mass is 10.1. The van der Waals surface area contributed by atoms with Crippen LogP contribution in [-0.2, 0) is 0 Å². The van der Waals surface area contributed by atoms with Crippen LogP contribution in [0.15, 0.2) is 48.8 Å². The molecule has 0 radical (unpaired) electrons. The minimum atomic E-state index is -0.852. The van der Waals surface area contributed by atoms with Crippen LogP contribution in [0.3, 0.4) is 0 Å². The maximum atomic E-state index is 14.1. The van der Waals surface area contributed by atoms with Gasteiger partial charge < -0.3 is 4.90 Å². The number of piperazine rings is 1. The van der Waals surface area contributed by atoms with Crippen molar-refractivity contribution in [2.45, 2.75) is 19.0 Å². The van der Waals surface area contributed by atoms with E-state index < -0.39 is 6.17 Å². The fraction of sp³-hybridized carbons (Fsp3) is 0.444. The summed E-state index contributed by atoms with van der Waals surface area (Å²) in [6.07, 6.45) is 4.18. The number of halogens is 1. The number of rotatable bonds is 6. The number of hydrogen-bond donors (Lipinski definition) is 0. The van der Waals surface area contributed by atoms with Gasteiger partial charge in [0.2, 0.25) is 5.95 Å². The van der Waals surface area contributed by atoms with Crippen molar-refractivity contribution < 1.29 is 4.39 Å². The Morgan fingerprint density at radius 2 is 1.65 bits per heavy atom. The summed E-state index contributed by atoms with van der Waals surface area (Å²) in [4.78, 5) is 13.2. The van der Waals surface area contributed by atoms with Crippen molar-refractivity contribution in [3.8, 4) is 0 Å². The van der Waals surface area contributed by atoms with Crippen molar-refractivity contribution in [2.24, 2.45) is 0 Å². The van der Waals surface area contributed by atoms with Crippen LogP contribution in [-0.4, -0.2) is 47.6 Å². The quantitative estimate of drug-likeness (QED) is 0.820. The number of anilines is 1. The van der Waals surface area contributed by atoms with Gasteiger partial charge in [-0.05, 0) is 31.0 Å². The van der Waals surface area contributed by atoms with Crippen molar-refractivity contribution in [1.29, 1.82) is 0 Å². The number of alkyl halides is 1. The Kier molecular flexibility index (Phi) is 5.53. The highest BCUT2D eigenvalue weighted by molar-refractivity contribution is 5.29. The van der Waals surface area contributed by atoms with Crippen molar-refractivity contribution >= 4 is 5.95 Å². The van der Waals surface area contributed by atoms with E-state index in [4.69, 9.17) is 0 Å². The fourth-order valence-electron chi connectivity index (χ4n) is 2.95. The minimum absolute atomic E-state index is 0.589. The summed E-state index contributed by atoms with van der Waals surface area (Å²) in [5.74, 6) is 0.806. The molecular formula is C18H23FN4. The Morgan fingerprint density at radius 3 is 2.35 bits per heavy atom. The van der Waals surface area contributed by atoms with Gasteiger partial charge in [-0.25, -0.2) is 14.4 Å². The molecule has 122 valence electrons. The second kappa shape index (κ2) is 8.02. The van der Waals surface area contributed by atoms with Gasteiger partial charge in [0.15, 0.2) is 0 Å². The van der Waals surface area contributed by atoms with E-state index in [0.29, 0.717) is 6.42 Å². The van der Waals surface area contributed by atoms with Gasteiger partial charge in [-0.15, -0.1) is 0 Å². The van der Waals surface area contributed by atoms with Crippen LogP contribution in [0.1, 0.15) is 24.6 Å². The molecule has 1 fully saturated rings. The average Bonchev–Trinajstić information content (AvgIpc) is 2.64. The smallest absolute Gasteiger partial charge is 0.225 e. The van der Waals surface area contributed by atoms with Crippen LogP contribution in [0.2, 0.25) is 0 Å². The predicted octanol–water partition coefficient (Wildman–Crippen LogP) is 3.09. The molecule has 2 heterocycles. The van der Waals surface area contributed by atoms with Crippen molar-refractivity contribution in [1.82, 2.24) is 14.9 Å². The maximum Gasteiger partial charge on any atom is 0.225 e. The van der Waals surface area contributed by atoms with Crippen molar-refractivity contribution in [2.75, 3.05) is 37.6 Å². The minimum Gasteiger partial charge on any atom is -0.338 e. The first-order chi connectivity index (χ1) is 11.3. The van der Waals surface area contributed by atoms with Gasteiger partial charge in [0.05, 0.1) is 0 Å². The Bertz CT molecular complexity index is 570. The highest BCUT2D eigenvalue weighted by Crippen LogP contribution is 2.22. The standard InChI is InChI=1S/C18H23FN4/c19-17(16-6-2-1-3-7-16)8-4-11-22-12-14-23(15-13-22)18-20-9-5-10-21-18/h1-3,5-7,9-10,17H,4,8,11-15H2. The zero-order valence-electron chi connectivity index (χ0n) is 13.3. The molecule has 0 N–H and O–H groups in total. The summed E-state index contributed by atoms with van der Waals surface area (Å²) in [6.45, 7) is 4.79. The summed E-state index contributed by atoms with van der Waals surface area (Å²) >= 11 is 0. The molecule has 0 bridgehead atoms. The molecule has 1 aliphatic rings. The lowest BCUT2D eigenvalue weighted by Gasteiger charge is -2.34. The summed E-state index contributed by atoms with van der Waals surface area (Å²) in [7, 11) is 0. The molecule has 1 unspecified atom stereocenters. The van der Waals surface area contributed by atoms with E-state index in [2.05, 4.69) is 19.8 Å². The highest BCUT2D eigenvalue weighted by Gasteiger charge is 2.18. The van der Waals surface area contributed by atoms with Gasteiger partial charge in [0, 0.05) is 38.6 Å². The summed E-state index contributed by atoms with van der Waals surface area (Å²) < 4.78 is 14.1. The van der Waals surface area contributed by atoms with E-state index in [1.807, 2.05) is 36.4 Å². The topological polar surface area (TPSA) is 32.3 Å². The normalized spacial score (nSPS) is 17.2. The second-order valence-electron chi connectivity index (χ2n) is 5.90. The largest absolute Gasteiger partial charge is 0.338 e. The lowest BCUT2D eigenvalue weighted by Crippen LogP contribution is -2.47. The molecular weight excluding hydrogens is 291 g/mol. The Morgan fingerprint density at radius 1 is 0.957 bits per heavy atom. The van der Waals surface area contributed by atoms with Gasteiger partial charge >= 0.3 is 0 Å². The zero-order valence-corrected chi connectivity index (χ0v) is 13.3. The van der Waals surface area contributed by atoms with E-state index in [9.17, 15) is 4.39 Å². The van der Waals surface area contributed by atoms with E-state index in [-0.39, 0.29) is 0 Å². The van der Waals surface area contributed by atoms with E-state index in [0.717, 1.165) is 50.7 Å². The molecule has 4 nitrogen and oxygen atoms in total. The molecule has 2 aromatic rings. The molecule has 5 heteroatoms.